The third kappa shape index (κ3) is 4.32. The molecule has 19 heavy (non-hydrogen) atoms. The Bertz CT molecular complexity index is 371. The van der Waals surface area contributed by atoms with E-state index in [-0.39, 0.29) is 0 Å². The lowest BCUT2D eigenvalue weighted by Gasteiger charge is -2.36. The Morgan fingerprint density at radius 3 is 2.21 bits per heavy atom. The van der Waals surface area contributed by atoms with Crippen molar-refractivity contribution >= 4 is 0 Å². The number of benzene rings is 1. The molecule has 2 heteroatoms. The molecule has 1 aromatic rings. The molecule has 0 aromatic heterocycles. The second-order valence-corrected chi connectivity index (χ2v) is 5.99. The Balaban J connectivity index is 3.08. The number of nitrogens with zero attached hydrogens (tertiary/aromatic N) is 1. The van der Waals surface area contributed by atoms with Crippen molar-refractivity contribution in [2.75, 3.05) is 13.1 Å². The highest BCUT2D eigenvalue weighted by Gasteiger charge is 2.23. The molecule has 0 aliphatic heterocycles. The molecular formula is C17H30N2. The van der Waals surface area contributed by atoms with E-state index in [2.05, 4.69) is 63.8 Å². The lowest BCUT2D eigenvalue weighted by Crippen LogP contribution is -2.41. The normalized spacial score (nSPS) is 13.5. The average Bonchev–Trinajstić information content (AvgIpc) is 2.38. The van der Waals surface area contributed by atoms with Gasteiger partial charge in [0.2, 0.25) is 0 Å². The first-order chi connectivity index (χ1) is 9.01. The summed E-state index contributed by atoms with van der Waals surface area (Å²) in [5.74, 6) is 0.658. The van der Waals surface area contributed by atoms with Gasteiger partial charge in [0.15, 0.2) is 0 Å². The minimum absolute atomic E-state index is 0.332. The summed E-state index contributed by atoms with van der Waals surface area (Å²) in [6.45, 7) is 13.1. The molecule has 0 spiro atoms. The van der Waals surface area contributed by atoms with Crippen LogP contribution in [0.2, 0.25) is 0 Å². The summed E-state index contributed by atoms with van der Waals surface area (Å²) in [5.41, 5.74) is 8.93. The second kappa shape index (κ2) is 7.66. The maximum absolute atomic E-state index is 6.10. The van der Waals surface area contributed by atoms with Crippen LogP contribution in [0.1, 0.15) is 51.8 Å². The first-order valence-electron chi connectivity index (χ1n) is 7.54. The molecule has 0 heterocycles. The van der Waals surface area contributed by atoms with E-state index < -0.39 is 0 Å². The van der Waals surface area contributed by atoms with Crippen molar-refractivity contribution in [3.63, 3.8) is 0 Å². The molecule has 0 radical (unpaired) electrons. The van der Waals surface area contributed by atoms with Gasteiger partial charge in [-0.25, -0.2) is 0 Å². The molecule has 0 saturated carbocycles. The van der Waals surface area contributed by atoms with E-state index in [0.717, 1.165) is 13.0 Å². The molecule has 0 aliphatic rings. The number of aryl methyl sites for hydroxylation is 1. The van der Waals surface area contributed by atoms with Crippen LogP contribution in [0.25, 0.3) is 0 Å². The van der Waals surface area contributed by atoms with Crippen LogP contribution < -0.4 is 5.73 Å². The predicted molar refractivity (Wildman–Crippen MR) is 84.3 cm³/mol. The van der Waals surface area contributed by atoms with E-state index in [1.165, 1.54) is 11.1 Å². The summed E-state index contributed by atoms with van der Waals surface area (Å²) in [5, 5.41) is 0. The molecule has 2 nitrogen and oxygen atoms in total. The zero-order valence-electron chi connectivity index (χ0n) is 13.2. The highest BCUT2D eigenvalue weighted by atomic mass is 15.2. The van der Waals surface area contributed by atoms with E-state index in [0.29, 0.717) is 24.5 Å². The monoisotopic (exact) mass is 262 g/mol. The molecule has 1 aromatic carbocycles. The Morgan fingerprint density at radius 2 is 1.74 bits per heavy atom. The summed E-state index contributed by atoms with van der Waals surface area (Å²) in [7, 11) is 0. The largest absolute Gasteiger partial charge is 0.329 e. The average molecular weight is 262 g/mol. The quantitative estimate of drug-likeness (QED) is 0.813. The van der Waals surface area contributed by atoms with Gasteiger partial charge in [-0.1, -0.05) is 45.0 Å². The van der Waals surface area contributed by atoms with Crippen LogP contribution >= 0.6 is 0 Å². The fraction of sp³-hybridized carbons (Fsp3) is 0.647. The predicted octanol–water partition coefficient (Wildman–Crippen LogP) is 3.62. The number of rotatable bonds is 7. The van der Waals surface area contributed by atoms with Gasteiger partial charge in [-0.05, 0) is 37.3 Å². The number of hydrogen-bond donors (Lipinski definition) is 1. The standard InChI is InChI=1S/C17H30N2/c1-6-15-9-7-8-10-16(15)17(11-18)19(14(4)5)12-13(2)3/h7-10,13-14,17H,6,11-12,18H2,1-5H3. The highest BCUT2D eigenvalue weighted by Crippen LogP contribution is 2.26. The molecule has 0 saturated heterocycles. The maximum atomic E-state index is 6.10. The summed E-state index contributed by atoms with van der Waals surface area (Å²) in [6, 6.07) is 9.57. The van der Waals surface area contributed by atoms with Crippen LogP contribution in [0.15, 0.2) is 24.3 Å². The van der Waals surface area contributed by atoms with Gasteiger partial charge >= 0.3 is 0 Å². The third-order valence-corrected chi connectivity index (χ3v) is 3.66. The van der Waals surface area contributed by atoms with Crippen LogP contribution in [0.5, 0.6) is 0 Å². The molecule has 2 N–H and O–H groups in total. The molecule has 1 atom stereocenters. The van der Waals surface area contributed by atoms with Gasteiger partial charge in [0.05, 0.1) is 0 Å². The molecule has 108 valence electrons. The molecule has 0 amide bonds. The van der Waals surface area contributed by atoms with E-state index in [4.69, 9.17) is 5.73 Å². The fourth-order valence-electron chi connectivity index (χ4n) is 2.74. The lowest BCUT2D eigenvalue weighted by molar-refractivity contribution is 0.138. The van der Waals surface area contributed by atoms with Crippen molar-refractivity contribution < 1.29 is 0 Å². The second-order valence-electron chi connectivity index (χ2n) is 5.99. The van der Waals surface area contributed by atoms with E-state index in [1.807, 2.05) is 0 Å². The van der Waals surface area contributed by atoms with Gasteiger partial charge in [-0.2, -0.15) is 0 Å². The van der Waals surface area contributed by atoms with Crippen molar-refractivity contribution in [3.8, 4) is 0 Å². The Labute approximate surface area is 119 Å². The summed E-state index contributed by atoms with van der Waals surface area (Å²) in [6.07, 6.45) is 1.07. The van der Waals surface area contributed by atoms with Crippen LogP contribution in [0, 0.1) is 5.92 Å². The first kappa shape index (κ1) is 16.2. The molecule has 0 aliphatic carbocycles. The van der Waals surface area contributed by atoms with Crippen molar-refractivity contribution in [3.05, 3.63) is 35.4 Å². The summed E-state index contributed by atoms with van der Waals surface area (Å²) < 4.78 is 0. The highest BCUT2D eigenvalue weighted by molar-refractivity contribution is 5.30. The Hall–Kier alpha value is -0.860. The van der Waals surface area contributed by atoms with Gasteiger partial charge in [0, 0.05) is 25.2 Å². The van der Waals surface area contributed by atoms with Gasteiger partial charge < -0.3 is 5.73 Å². The van der Waals surface area contributed by atoms with E-state index >= 15 is 0 Å². The van der Waals surface area contributed by atoms with E-state index in [9.17, 15) is 0 Å². The molecule has 1 unspecified atom stereocenters. The zero-order valence-corrected chi connectivity index (χ0v) is 13.2. The first-order valence-corrected chi connectivity index (χ1v) is 7.54. The zero-order chi connectivity index (χ0) is 14.4. The van der Waals surface area contributed by atoms with Crippen LogP contribution in [-0.4, -0.2) is 24.0 Å². The van der Waals surface area contributed by atoms with E-state index in [1.54, 1.807) is 0 Å². The molecular weight excluding hydrogens is 232 g/mol. The van der Waals surface area contributed by atoms with Crippen LogP contribution in [0.4, 0.5) is 0 Å². The number of nitrogens with two attached hydrogens (primary N) is 1. The molecule has 0 fully saturated rings. The van der Waals surface area contributed by atoms with Crippen molar-refractivity contribution in [2.24, 2.45) is 11.7 Å². The van der Waals surface area contributed by atoms with Crippen LogP contribution in [-0.2, 0) is 6.42 Å². The fourth-order valence-corrected chi connectivity index (χ4v) is 2.74. The van der Waals surface area contributed by atoms with Crippen LogP contribution in [0.3, 0.4) is 0 Å². The number of hydrogen-bond acceptors (Lipinski definition) is 2. The Kier molecular flexibility index (Phi) is 6.53. The molecule has 0 bridgehead atoms. The summed E-state index contributed by atoms with van der Waals surface area (Å²) >= 11 is 0. The van der Waals surface area contributed by atoms with Crippen molar-refractivity contribution in [1.29, 1.82) is 0 Å². The van der Waals surface area contributed by atoms with Crippen molar-refractivity contribution in [2.45, 2.75) is 53.1 Å². The van der Waals surface area contributed by atoms with Gasteiger partial charge in [0.25, 0.3) is 0 Å². The van der Waals surface area contributed by atoms with Gasteiger partial charge in [-0.15, -0.1) is 0 Å². The summed E-state index contributed by atoms with van der Waals surface area (Å²) in [4.78, 5) is 2.54. The Morgan fingerprint density at radius 1 is 1.11 bits per heavy atom. The lowest BCUT2D eigenvalue weighted by atomic mass is 9.95. The maximum Gasteiger partial charge on any atom is 0.0475 e. The van der Waals surface area contributed by atoms with Crippen molar-refractivity contribution in [1.82, 2.24) is 4.90 Å². The minimum atomic E-state index is 0.332. The van der Waals surface area contributed by atoms with Gasteiger partial charge in [0.1, 0.15) is 0 Å². The molecule has 1 rings (SSSR count). The third-order valence-electron chi connectivity index (χ3n) is 3.66. The topological polar surface area (TPSA) is 29.3 Å². The smallest absolute Gasteiger partial charge is 0.0475 e. The SMILES string of the molecule is CCc1ccccc1C(CN)N(CC(C)C)C(C)C. The minimum Gasteiger partial charge on any atom is -0.329 e. The van der Waals surface area contributed by atoms with Gasteiger partial charge in [-0.3, -0.25) is 4.90 Å².